The molecule has 114 valence electrons. The van der Waals surface area contributed by atoms with E-state index in [-0.39, 0.29) is 0 Å². The smallest absolute Gasteiger partial charge is 0.119 e. The highest BCUT2D eigenvalue weighted by Crippen LogP contribution is 2.22. The molecule has 4 nitrogen and oxygen atoms in total. The van der Waals surface area contributed by atoms with Crippen molar-refractivity contribution in [2.45, 2.75) is 38.7 Å². The van der Waals surface area contributed by atoms with Gasteiger partial charge in [-0.1, -0.05) is 25.5 Å². The van der Waals surface area contributed by atoms with Crippen LogP contribution < -0.4 is 4.74 Å². The fraction of sp³-hybridized carbons (Fsp3) is 0.471. The Labute approximate surface area is 126 Å². The summed E-state index contributed by atoms with van der Waals surface area (Å²) >= 11 is 0. The quantitative estimate of drug-likeness (QED) is 0.758. The van der Waals surface area contributed by atoms with E-state index in [4.69, 9.17) is 4.74 Å². The average molecular weight is 288 g/mol. The number of ether oxygens (including phenoxy) is 1. The van der Waals surface area contributed by atoms with Crippen LogP contribution in [-0.2, 0) is 13.5 Å². The zero-order valence-corrected chi connectivity index (χ0v) is 12.8. The molecule has 2 rings (SSSR count). The molecule has 0 aliphatic heterocycles. The number of aromatic nitrogens is 2. The van der Waals surface area contributed by atoms with Gasteiger partial charge in [-0.3, -0.25) is 4.68 Å². The minimum atomic E-state index is -0.449. The molecule has 2 aromatic rings. The van der Waals surface area contributed by atoms with Gasteiger partial charge >= 0.3 is 0 Å². The molecule has 0 aliphatic carbocycles. The number of nitrogens with zero attached hydrogens (tertiary/aromatic N) is 2. The van der Waals surface area contributed by atoms with E-state index in [1.165, 1.54) is 0 Å². The highest BCUT2D eigenvalue weighted by atomic mass is 16.5. The van der Waals surface area contributed by atoms with Crippen LogP contribution in [0.25, 0.3) is 0 Å². The van der Waals surface area contributed by atoms with Crippen molar-refractivity contribution in [3.8, 4) is 5.75 Å². The number of hydrogen-bond acceptors (Lipinski definition) is 3. The summed E-state index contributed by atoms with van der Waals surface area (Å²) in [4.78, 5) is 0. The molecule has 21 heavy (non-hydrogen) atoms. The van der Waals surface area contributed by atoms with E-state index in [0.29, 0.717) is 6.42 Å². The first kappa shape index (κ1) is 15.6. The van der Waals surface area contributed by atoms with E-state index >= 15 is 0 Å². The van der Waals surface area contributed by atoms with Gasteiger partial charge in [0, 0.05) is 13.2 Å². The Morgan fingerprint density at radius 1 is 1.29 bits per heavy atom. The first-order valence-electron chi connectivity index (χ1n) is 7.57. The molecule has 1 N–H and O–H groups in total. The molecule has 0 amide bonds. The van der Waals surface area contributed by atoms with E-state index in [9.17, 15) is 5.11 Å². The maximum Gasteiger partial charge on any atom is 0.119 e. The number of benzene rings is 1. The molecule has 4 heteroatoms. The maximum absolute atomic E-state index is 10.2. The van der Waals surface area contributed by atoms with Gasteiger partial charge in [-0.15, -0.1) is 0 Å². The molecular formula is C17H24N2O2. The van der Waals surface area contributed by atoms with Gasteiger partial charge in [0.05, 0.1) is 18.9 Å². The summed E-state index contributed by atoms with van der Waals surface area (Å²) in [6.45, 7) is 2.89. The van der Waals surface area contributed by atoms with Gasteiger partial charge in [0.2, 0.25) is 0 Å². The largest absolute Gasteiger partial charge is 0.494 e. The van der Waals surface area contributed by atoms with Crippen LogP contribution in [0.3, 0.4) is 0 Å². The van der Waals surface area contributed by atoms with Crippen molar-refractivity contribution in [2.24, 2.45) is 7.05 Å². The summed E-state index contributed by atoms with van der Waals surface area (Å²) in [6.07, 6.45) is 7.09. The number of unbranched alkanes of at least 4 members (excludes halogenated alkanes) is 1. The van der Waals surface area contributed by atoms with E-state index < -0.39 is 6.10 Å². The molecule has 1 atom stereocenters. The minimum Gasteiger partial charge on any atom is -0.494 e. The van der Waals surface area contributed by atoms with Crippen LogP contribution in [-0.4, -0.2) is 21.5 Å². The van der Waals surface area contributed by atoms with Gasteiger partial charge in [-0.25, -0.2) is 0 Å². The lowest BCUT2D eigenvalue weighted by Crippen LogP contribution is -2.00. The standard InChI is InChI=1S/C17H24N2O2/c1-3-4-11-21-16-8-6-15(7-9-16)17(20)10-5-14-12-18-19(2)13-14/h6-9,12-13,17,20H,3-5,10-11H2,1-2H3. The molecule has 0 radical (unpaired) electrons. The van der Waals surface area contributed by atoms with Gasteiger partial charge < -0.3 is 9.84 Å². The Hall–Kier alpha value is -1.81. The minimum absolute atomic E-state index is 0.449. The van der Waals surface area contributed by atoms with Crippen LogP contribution in [0.2, 0.25) is 0 Å². The summed E-state index contributed by atoms with van der Waals surface area (Å²) < 4.78 is 7.40. The highest BCUT2D eigenvalue weighted by Gasteiger charge is 2.08. The average Bonchev–Trinajstić information content (AvgIpc) is 2.91. The third-order valence-electron chi connectivity index (χ3n) is 3.50. The second-order valence-corrected chi connectivity index (χ2v) is 5.35. The van der Waals surface area contributed by atoms with Crippen molar-refractivity contribution in [3.05, 3.63) is 47.8 Å². The highest BCUT2D eigenvalue weighted by molar-refractivity contribution is 5.28. The molecular weight excluding hydrogens is 264 g/mol. The predicted molar refractivity (Wildman–Crippen MR) is 83.3 cm³/mol. The summed E-state index contributed by atoms with van der Waals surface area (Å²) in [7, 11) is 1.90. The van der Waals surface area contributed by atoms with Crippen molar-refractivity contribution >= 4 is 0 Å². The molecule has 0 bridgehead atoms. The molecule has 0 spiro atoms. The first-order chi connectivity index (χ1) is 10.2. The fourth-order valence-electron chi connectivity index (χ4n) is 2.19. The lowest BCUT2D eigenvalue weighted by molar-refractivity contribution is 0.167. The topological polar surface area (TPSA) is 47.3 Å². The first-order valence-corrected chi connectivity index (χ1v) is 7.57. The molecule has 0 saturated carbocycles. The molecule has 0 aliphatic rings. The van der Waals surface area contributed by atoms with E-state index in [2.05, 4.69) is 12.0 Å². The summed E-state index contributed by atoms with van der Waals surface area (Å²) in [6, 6.07) is 7.74. The number of aliphatic hydroxyl groups is 1. The zero-order valence-electron chi connectivity index (χ0n) is 12.8. The van der Waals surface area contributed by atoms with Gasteiger partial charge in [-0.2, -0.15) is 5.10 Å². The monoisotopic (exact) mass is 288 g/mol. The molecule has 0 fully saturated rings. The van der Waals surface area contributed by atoms with Crippen LogP contribution in [0.1, 0.15) is 43.4 Å². The van der Waals surface area contributed by atoms with Crippen LogP contribution in [0.15, 0.2) is 36.7 Å². The number of aliphatic hydroxyl groups excluding tert-OH is 1. The van der Waals surface area contributed by atoms with Gasteiger partial charge in [0.25, 0.3) is 0 Å². The van der Waals surface area contributed by atoms with E-state index in [0.717, 1.165) is 42.7 Å². The van der Waals surface area contributed by atoms with Crippen LogP contribution in [0.4, 0.5) is 0 Å². The van der Waals surface area contributed by atoms with Crippen molar-refractivity contribution in [3.63, 3.8) is 0 Å². The third-order valence-corrected chi connectivity index (χ3v) is 3.50. The maximum atomic E-state index is 10.2. The number of rotatable bonds is 8. The third kappa shape index (κ3) is 4.90. The zero-order chi connectivity index (χ0) is 15.1. The molecule has 1 aromatic heterocycles. The van der Waals surface area contributed by atoms with Crippen LogP contribution >= 0.6 is 0 Å². The lowest BCUT2D eigenvalue weighted by Gasteiger charge is -2.11. The Kier molecular flexibility index (Phi) is 5.81. The lowest BCUT2D eigenvalue weighted by atomic mass is 10.0. The SMILES string of the molecule is CCCCOc1ccc(C(O)CCc2cnn(C)c2)cc1. The second kappa shape index (κ2) is 7.84. The van der Waals surface area contributed by atoms with Crippen molar-refractivity contribution in [1.29, 1.82) is 0 Å². The van der Waals surface area contributed by atoms with Crippen LogP contribution in [0, 0.1) is 0 Å². The normalized spacial score (nSPS) is 12.3. The predicted octanol–water partition coefficient (Wildman–Crippen LogP) is 3.27. The van der Waals surface area contributed by atoms with Crippen molar-refractivity contribution in [2.75, 3.05) is 6.61 Å². The summed E-state index contributed by atoms with van der Waals surface area (Å²) in [5.41, 5.74) is 2.08. The molecule has 1 unspecified atom stereocenters. The van der Waals surface area contributed by atoms with Crippen molar-refractivity contribution < 1.29 is 9.84 Å². The summed E-state index contributed by atoms with van der Waals surface area (Å²) in [5.74, 6) is 0.867. The van der Waals surface area contributed by atoms with Crippen LogP contribution in [0.5, 0.6) is 5.75 Å². The Morgan fingerprint density at radius 2 is 2.05 bits per heavy atom. The fourth-order valence-corrected chi connectivity index (χ4v) is 2.19. The molecule has 0 saturated heterocycles. The van der Waals surface area contributed by atoms with Crippen molar-refractivity contribution in [1.82, 2.24) is 9.78 Å². The van der Waals surface area contributed by atoms with Gasteiger partial charge in [0.1, 0.15) is 5.75 Å². The molecule has 1 heterocycles. The number of hydrogen-bond donors (Lipinski definition) is 1. The Balaban J connectivity index is 1.83. The Morgan fingerprint density at radius 3 is 2.67 bits per heavy atom. The van der Waals surface area contributed by atoms with Gasteiger partial charge in [-0.05, 0) is 42.5 Å². The van der Waals surface area contributed by atoms with E-state index in [1.54, 1.807) is 4.68 Å². The summed E-state index contributed by atoms with van der Waals surface area (Å²) in [5, 5.41) is 14.4. The molecule has 1 aromatic carbocycles. The Bertz CT molecular complexity index is 534. The van der Waals surface area contributed by atoms with Gasteiger partial charge in [0.15, 0.2) is 0 Å². The van der Waals surface area contributed by atoms with E-state index in [1.807, 2.05) is 43.7 Å². The number of aryl methyl sites for hydroxylation is 2. The second-order valence-electron chi connectivity index (χ2n) is 5.35.